The molecule has 1 aromatic carbocycles. The van der Waals surface area contributed by atoms with Gasteiger partial charge in [-0.3, -0.25) is 4.79 Å². The van der Waals surface area contributed by atoms with Gasteiger partial charge in [-0.25, -0.2) is 0 Å². The number of carbonyl (C=O) groups excluding carboxylic acids is 1. The standard InChI is InChI=1S/C13H12INO2/c1-15(9-12-6-3-7-17-12)13(16)10-4-2-5-11(14)8-10/h2-8H,9H2,1H3. The Kier molecular flexibility index (Phi) is 3.83. The maximum Gasteiger partial charge on any atom is 0.254 e. The molecule has 0 aliphatic rings. The van der Waals surface area contributed by atoms with Crippen LogP contribution in [0.1, 0.15) is 16.1 Å². The summed E-state index contributed by atoms with van der Waals surface area (Å²) in [7, 11) is 1.77. The average Bonchev–Trinajstić information content (AvgIpc) is 2.80. The predicted molar refractivity (Wildman–Crippen MR) is 73.7 cm³/mol. The van der Waals surface area contributed by atoms with E-state index in [0.717, 1.165) is 9.33 Å². The van der Waals surface area contributed by atoms with Crippen molar-refractivity contribution in [3.63, 3.8) is 0 Å². The topological polar surface area (TPSA) is 33.5 Å². The summed E-state index contributed by atoms with van der Waals surface area (Å²) in [5.41, 5.74) is 0.700. The molecule has 1 amide bonds. The first kappa shape index (κ1) is 12.2. The Morgan fingerprint density at radius 2 is 2.18 bits per heavy atom. The molecule has 88 valence electrons. The van der Waals surface area contributed by atoms with Crippen LogP contribution in [0.15, 0.2) is 47.1 Å². The number of hydrogen-bond acceptors (Lipinski definition) is 2. The summed E-state index contributed by atoms with van der Waals surface area (Å²) in [6.45, 7) is 0.483. The molecule has 0 radical (unpaired) electrons. The van der Waals surface area contributed by atoms with Crippen molar-refractivity contribution in [2.24, 2.45) is 0 Å². The minimum atomic E-state index is -0.0000778. The van der Waals surface area contributed by atoms with Gasteiger partial charge in [-0.2, -0.15) is 0 Å². The molecule has 2 rings (SSSR count). The van der Waals surface area contributed by atoms with Crippen LogP contribution in [0, 0.1) is 3.57 Å². The second-order valence-corrected chi connectivity index (χ2v) is 5.00. The maximum atomic E-state index is 12.1. The Balaban J connectivity index is 2.09. The fourth-order valence-corrected chi connectivity index (χ4v) is 2.09. The van der Waals surface area contributed by atoms with E-state index < -0.39 is 0 Å². The summed E-state index contributed by atoms with van der Waals surface area (Å²) in [5, 5.41) is 0. The molecule has 3 nitrogen and oxygen atoms in total. The number of rotatable bonds is 3. The van der Waals surface area contributed by atoms with Crippen molar-refractivity contribution in [3.8, 4) is 0 Å². The number of furan rings is 1. The van der Waals surface area contributed by atoms with E-state index >= 15 is 0 Å². The van der Waals surface area contributed by atoms with Gasteiger partial charge in [0.15, 0.2) is 0 Å². The highest BCUT2D eigenvalue weighted by Crippen LogP contribution is 2.12. The molecule has 0 atom stereocenters. The molecule has 0 bridgehead atoms. The molecule has 0 saturated heterocycles. The van der Waals surface area contributed by atoms with Crippen LogP contribution in [0.4, 0.5) is 0 Å². The molecule has 4 heteroatoms. The lowest BCUT2D eigenvalue weighted by Gasteiger charge is -2.15. The van der Waals surface area contributed by atoms with E-state index in [4.69, 9.17) is 4.42 Å². The smallest absolute Gasteiger partial charge is 0.254 e. The van der Waals surface area contributed by atoms with Crippen LogP contribution in [0.3, 0.4) is 0 Å². The van der Waals surface area contributed by atoms with E-state index in [0.29, 0.717) is 12.1 Å². The van der Waals surface area contributed by atoms with Crippen LogP contribution >= 0.6 is 22.6 Å². The molecule has 0 unspecified atom stereocenters. The molecule has 1 aromatic heterocycles. The third kappa shape index (κ3) is 3.09. The summed E-state index contributed by atoms with van der Waals surface area (Å²) in [6, 6.07) is 11.2. The normalized spacial score (nSPS) is 10.2. The van der Waals surface area contributed by atoms with Crippen LogP contribution < -0.4 is 0 Å². The van der Waals surface area contributed by atoms with E-state index in [1.807, 2.05) is 36.4 Å². The molecule has 0 aliphatic carbocycles. The van der Waals surface area contributed by atoms with Crippen molar-refractivity contribution >= 4 is 28.5 Å². The first-order valence-electron chi connectivity index (χ1n) is 5.20. The first-order valence-corrected chi connectivity index (χ1v) is 6.28. The Hall–Kier alpha value is -1.30. The fraction of sp³-hybridized carbons (Fsp3) is 0.154. The number of carbonyl (C=O) groups is 1. The van der Waals surface area contributed by atoms with Crippen LogP contribution in [-0.4, -0.2) is 17.9 Å². The zero-order valence-electron chi connectivity index (χ0n) is 9.39. The Labute approximate surface area is 114 Å². The van der Waals surface area contributed by atoms with Crippen molar-refractivity contribution in [2.75, 3.05) is 7.05 Å². The van der Waals surface area contributed by atoms with E-state index in [1.54, 1.807) is 18.2 Å². The molecule has 0 spiro atoms. The van der Waals surface area contributed by atoms with Gasteiger partial charge in [0, 0.05) is 16.2 Å². The summed E-state index contributed by atoms with van der Waals surface area (Å²) in [6.07, 6.45) is 1.61. The minimum absolute atomic E-state index is 0.0000778. The molecule has 2 aromatic rings. The van der Waals surface area contributed by atoms with Crippen LogP contribution in [0.25, 0.3) is 0 Å². The van der Waals surface area contributed by atoms with Crippen molar-refractivity contribution in [1.82, 2.24) is 4.90 Å². The van der Waals surface area contributed by atoms with Gasteiger partial charge in [0.2, 0.25) is 0 Å². The molecule has 0 fully saturated rings. The van der Waals surface area contributed by atoms with Gasteiger partial charge in [-0.15, -0.1) is 0 Å². The van der Waals surface area contributed by atoms with E-state index in [-0.39, 0.29) is 5.91 Å². The van der Waals surface area contributed by atoms with E-state index in [1.165, 1.54) is 0 Å². The summed E-state index contributed by atoms with van der Waals surface area (Å²) in [4.78, 5) is 13.7. The second-order valence-electron chi connectivity index (χ2n) is 3.75. The Bertz CT molecular complexity index is 508. The Morgan fingerprint density at radius 3 is 2.82 bits per heavy atom. The van der Waals surface area contributed by atoms with E-state index in [2.05, 4.69) is 22.6 Å². The zero-order chi connectivity index (χ0) is 12.3. The fourth-order valence-electron chi connectivity index (χ4n) is 1.55. The van der Waals surface area contributed by atoms with Crippen molar-refractivity contribution in [3.05, 3.63) is 57.6 Å². The van der Waals surface area contributed by atoms with Gasteiger partial charge in [-0.1, -0.05) is 6.07 Å². The third-order valence-electron chi connectivity index (χ3n) is 2.39. The molecule has 0 aliphatic heterocycles. The van der Waals surface area contributed by atoms with Crippen molar-refractivity contribution < 1.29 is 9.21 Å². The van der Waals surface area contributed by atoms with Crippen LogP contribution in [-0.2, 0) is 6.54 Å². The number of nitrogens with zero attached hydrogens (tertiary/aromatic N) is 1. The maximum absolute atomic E-state index is 12.1. The summed E-state index contributed by atoms with van der Waals surface area (Å²) >= 11 is 2.20. The lowest BCUT2D eigenvalue weighted by atomic mass is 10.2. The number of amides is 1. The molecular weight excluding hydrogens is 329 g/mol. The summed E-state index contributed by atoms with van der Waals surface area (Å²) in [5.74, 6) is 0.784. The SMILES string of the molecule is CN(Cc1ccco1)C(=O)c1cccc(I)c1. The zero-order valence-corrected chi connectivity index (χ0v) is 11.5. The highest BCUT2D eigenvalue weighted by atomic mass is 127. The van der Waals surface area contributed by atoms with Gasteiger partial charge in [-0.05, 0) is 52.9 Å². The summed E-state index contributed by atoms with van der Waals surface area (Å²) < 4.78 is 6.27. The van der Waals surface area contributed by atoms with Gasteiger partial charge in [0.1, 0.15) is 5.76 Å². The number of benzene rings is 1. The highest BCUT2D eigenvalue weighted by molar-refractivity contribution is 14.1. The van der Waals surface area contributed by atoms with Gasteiger partial charge < -0.3 is 9.32 Å². The monoisotopic (exact) mass is 341 g/mol. The van der Waals surface area contributed by atoms with E-state index in [9.17, 15) is 4.79 Å². The predicted octanol–water partition coefficient (Wildman–Crippen LogP) is 3.16. The van der Waals surface area contributed by atoms with Crippen molar-refractivity contribution in [1.29, 1.82) is 0 Å². The highest BCUT2D eigenvalue weighted by Gasteiger charge is 2.12. The first-order chi connectivity index (χ1) is 8.16. The van der Waals surface area contributed by atoms with Crippen LogP contribution in [0.2, 0.25) is 0 Å². The molecule has 1 heterocycles. The number of halogens is 1. The lowest BCUT2D eigenvalue weighted by molar-refractivity contribution is 0.0775. The van der Waals surface area contributed by atoms with Crippen LogP contribution in [0.5, 0.6) is 0 Å². The molecule has 0 N–H and O–H groups in total. The van der Waals surface area contributed by atoms with Gasteiger partial charge in [0.25, 0.3) is 5.91 Å². The second kappa shape index (κ2) is 5.35. The number of hydrogen-bond donors (Lipinski definition) is 0. The average molecular weight is 341 g/mol. The molecule has 0 saturated carbocycles. The Morgan fingerprint density at radius 1 is 1.35 bits per heavy atom. The van der Waals surface area contributed by atoms with Crippen molar-refractivity contribution in [2.45, 2.75) is 6.54 Å². The van der Waals surface area contributed by atoms with Gasteiger partial charge >= 0.3 is 0 Å². The molecule has 17 heavy (non-hydrogen) atoms. The van der Waals surface area contributed by atoms with Gasteiger partial charge in [0.05, 0.1) is 12.8 Å². The quantitative estimate of drug-likeness (QED) is 0.804. The minimum Gasteiger partial charge on any atom is -0.467 e. The lowest BCUT2D eigenvalue weighted by Crippen LogP contribution is -2.25. The largest absolute Gasteiger partial charge is 0.467 e. The molecular formula is C13H12INO2. The third-order valence-corrected chi connectivity index (χ3v) is 3.06.